The normalized spacial score (nSPS) is 18.7. The van der Waals surface area contributed by atoms with E-state index in [4.69, 9.17) is 15.5 Å². The third-order valence-electron chi connectivity index (χ3n) is 6.88. The van der Waals surface area contributed by atoms with Crippen LogP contribution < -0.4 is 25.6 Å². The largest absolute Gasteiger partial charge is 0.421 e. The minimum absolute atomic E-state index is 0.0728. The first kappa shape index (κ1) is 20.8. The van der Waals surface area contributed by atoms with Gasteiger partial charge in [-0.1, -0.05) is 0 Å². The molecule has 1 spiro atoms. The number of fused-ring (bicyclic) bond motifs is 3. The van der Waals surface area contributed by atoms with E-state index >= 15 is 0 Å². The van der Waals surface area contributed by atoms with Gasteiger partial charge in [-0.3, -0.25) is 0 Å². The van der Waals surface area contributed by atoms with Crippen LogP contribution in [0.1, 0.15) is 12.8 Å². The van der Waals surface area contributed by atoms with Crippen LogP contribution in [0.15, 0.2) is 24.5 Å². The number of nitrogens with two attached hydrogens (primary N) is 1. The van der Waals surface area contributed by atoms with Gasteiger partial charge in [0.2, 0.25) is 5.95 Å². The highest BCUT2D eigenvalue weighted by atomic mass is 19.1. The molecule has 10 nitrogen and oxygen atoms in total. The summed E-state index contributed by atoms with van der Waals surface area (Å²) >= 11 is 0. The summed E-state index contributed by atoms with van der Waals surface area (Å²) in [5.41, 5.74) is 8.60. The van der Waals surface area contributed by atoms with E-state index in [1.54, 1.807) is 24.3 Å². The van der Waals surface area contributed by atoms with E-state index < -0.39 is 0 Å². The van der Waals surface area contributed by atoms with Crippen LogP contribution in [-0.2, 0) is 0 Å². The summed E-state index contributed by atoms with van der Waals surface area (Å²) in [6.07, 6.45) is 5.40. The van der Waals surface area contributed by atoms with Crippen molar-refractivity contribution in [3.05, 3.63) is 30.3 Å². The van der Waals surface area contributed by atoms with Crippen molar-refractivity contribution in [2.45, 2.75) is 18.9 Å². The molecule has 2 aliphatic rings. The number of hydrogen-bond acceptors (Lipinski definition) is 9. The lowest BCUT2D eigenvalue weighted by Crippen LogP contribution is -2.30. The Hall–Kier alpha value is -3.73. The molecule has 1 aliphatic carbocycles. The van der Waals surface area contributed by atoms with Crippen molar-refractivity contribution >= 4 is 39.4 Å². The fraction of sp³-hybridized carbons (Fsp3) is 0.391. The number of aromatic nitrogens is 5. The van der Waals surface area contributed by atoms with Crippen molar-refractivity contribution in [1.29, 1.82) is 0 Å². The molecular formula is C23H26FN9O. The molecule has 3 aromatic heterocycles. The Labute approximate surface area is 195 Å². The first-order chi connectivity index (χ1) is 16.4. The van der Waals surface area contributed by atoms with Crippen LogP contribution in [0, 0.1) is 11.2 Å². The summed E-state index contributed by atoms with van der Waals surface area (Å²) in [6.45, 7) is 1.48. The Bertz CT molecular complexity index is 1400. The van der Waals surface area contributed by atoms with Crippen LogP contribution in [0.5, 0.6) is 11.8 Å². The summed E-state index contributed by atoms with van der Waals surface area (Å²) in [6, 6.07) is 3.20. The summed E-state index contributed by atoms with van der Waals surface area (Å²) in [7, 11) is 5.49. The fourth-order valence-corrected chi connectivity index (χ4v) is 4.84. The van der Waals surface area contributed by atoms with E-state index in [9.17, 15) is 4.39 Å². The molecule has 4 aromatic rings. The lowest BCUT2D eigenvalue weighted by Gasteiger charge is -2.19. The molecule has 1 atom stereocenters. The minimum atomic E-state index is -0.334. The maximum absolute atomic E-state index is 14.5. The molecule has 0 bridgehead atoms. The molecule has 0 unspecified atom stereocenters. The van der Waals surface area contributed by atoms with E-state index in [0.29, 0.717) is 40.8 Å². The van der Waals surface area contributed by atoms with Gasteiger partial charge in [0.25, 0.3) is 0 Å². The van der Waals surface area contributed by atoms with Gasteiger partial charge in [-0.2, -0.15) is 9.97 Å². The van der Waals surface area contributed by atoms with Crippen LogP contribution in [0.3, 0.4) is 0 Å². The number of benzene rings is 1. The van der Waals surface area contributed by atoms with Crippen LogP contribution in [0.4, 0.5) is 21.8 Å². The monoisotopic (exact) mass is 463 g/mol. The van der Waals surface area contributed by atoms with Crippen molar-refractivity contribution in [2.75, 3.05) is 49.3 Å². The Morgan fingerprint density at radius 1 is 1.24 bits per heavy atom. The highest BCUT2D eigenvalue weighted by Crippen LogP contribution is 2.53. The Morgan fingerprint density at radius 3 is 2.65 bits per heavy atom. The van der Waals surface area contributed by atoms with Gasteiger partial charge in [0.05, 0.1) is 29.0 Å². The number of rotatable bonds is 5. The third-order valence-corrected chi connectivity index (χ3v) is 6.88. The van der Waals surface area contributed by atoms with E-state index in [-0.39, 0.29) is 23.3 Å². The SMILES string of the molecule is CNc1cc(F)cc2c1[nH]c1nc(Oc3cnc(N(C)C)nc3)nc(N3C[C@H](N)C4(CC4)C3)c12. The second-order valence-corrected chi connectivity index (χ2v) is 9.37. The molecule has 6 rings (SSSR count). The Morgan fingerprint density at radius 2 is 2.00 bits per heavy atom. The zero-order chi connectivity index (χ0) is 23.6. The van der Waals surface area contributed by atoms with Gasteiger partial charge in [-0.15, -0.1) is 0 Å². The molecular weight excluding hydrogens is 437 g/mol. The number of ether oxygens (including phenoxy) is 1. The minimum Gasteiger partial charge on any atom is -0.421 e. The molecule has 1 aromatic carbocycles. The lowest BCUT2D eigenvalue weighted by atomic mass is 10.0. The molecule has 34 heavy (non-hydrogen) atoms. The Balaban J connectivity index is 1.49. The molecule has 1 saturated heterocycles. The topological polar surface area (TPSA) is 121 Å². The van der Waals surface area contributed by atoms with Gasteiger partial charge in [0.15, 0.2) is 5.75 Å². The number of H-pyrrole nitrogens is 1. The van der Waals surface area contributed by atoms with Crippen LogP contribution in [-0.4, -0.2) is 65.2 Å². The first-order valence-corrected chi connectivity index (χ1v) is 11.3. The van der Waals surface area contributed by atoms with E-state index in [1.165, 1.54) is 12.1 Å². The molecule has 1 saturated carbocycles. The van der Waals surface area contributed by atoms with E-state index in [1.807, 2.05) is 14.1 Å². The number of aromatic amines is 1. The van der Waals surface area contributed by atoms with Crippen LogP contribution in [0.2, 0.25) is 0 Å². The van der Waals surface area contributed by atoms with Crippen molar-refractivity contribution in [1.82, 2.24) is 24.9 Å². The Kier molecular flexibility index (Phi) is 4.53. The predicted octanol–water partition coefficient (Wildman–Crippen LogP) is 2.87. The van der Waals surface area contributed by atoms with Crippen molar-refractivity contribution < 1.29 is 9.13 Å². The van der Waals surface area contributed by atoms with Gasteiger partial charge in [-0.05, 0) is 25.0 Å². The lowest BCUT2D eigenvalue weighted by molar-refractivity contribution is 0.439. The van der Waals surface area contributed by atoms with Crippen molar-refractivity contribution in [3.63, 3.8) is 0 Å². The number of hydrogen-bond donors (Lipinski definition) is 3. The highest BCUT2D eigenvalue weighted by Gasteiger charge is 2.54. The number of nitrogens with zero attached hydrogens (tertiary/aromatic N) is 6. The molecule has 2 fully saturated rings. The average molecular weight is 464 g/mol. The zero-order valence-electron chi connectivity index (χ0n) is 19.3. The zero-order valence-corrected chi connectivity index (χ0v) is 19.3. The summed E-state index contributed by atoms with van der Waals surface area (Å²) in [4.78, 5) is 25.3. The van der Waals surface area contributed by atoms with Gasteiger partial charge in [0, 0.05) is 51.1 Å². The van der Waals surface area contributed by atoms with Gasteiger partial charge in [0.1, 0.15) is 17.3 Å². The molecule has 0 amide bonds. The molecule has 176 valence electrons. The molecule has 4 N–H and O–H groups in total. The highest BCUT2D eigenvalue weighted by molar-refractivity contribution is 6.14. The standard InChI is InChI=1S/C23H26FN9O/c1-26-15-7-12(24)6-14-17-19(29-18(14)15)30-22(34-13-8-27-21(28-9-13)32(2)3)31-20(17)33-10-16(25)23(11-33)4-5-23/h6-9,16,26H,4-5,10-11,25H2,1-3H3,(H,29,30,31)/t16-/m0/s1. The summed E-state index contributed by atoms with van der Waals surface area (Å²) < 4.78 is 20.4. The van der Waals surface area contributed by atoms with Gasteiger partial charge < -0.3 is 30.6 Å². The van der Waals surface area contributed by atoms with Crippen molar-refractivity contribution in [3.8, 4) is 11.8 Å². The predicted molar refractivity (Wildman–Crippen MR) is 129 cm³/mol. The smallest absolute Gasteiger partial charge is 0.326 e. The molecule has 1 aliphatic heterocycles. The summed E-state index contributed by atoms with van der Waals surface area (Å²) in [5, 5.41) is 4.52. The van der Waals surface area contributed by atoms with E-state index in [2.05, 4.69) is 30.2 Å². The van der Waals surface area contributed by atoms with Gasteiger partial charge >= 0.3 is 6.01 Å². The molecule has 11 heteroatoms. The van der Waals surface area contributed by atoms with Crippen molar-refractivity contribution in [2.24, 2.45) is 11.1 Å². The number of nitrogens with one attached hydrogen (secondary N) is 2. The fourth-order valence-electron chi connectivity index (χ4n) is 4.84. The van der Waals surface area contributed by atoms with E-state index in [0.717, 1.165) is 30.3 Å². The van der Waals surface area contributed by atoms with Crippen LogP contribution >= 0.6 is 0 Å². The maximum atomic E-state index is 14.5. The average Bonchev–Trinajstić information content (AvgIpc) is 3.40. The van der Waals surface area contributed by atoms with Gasteiger partial charge in [-0.25, -0.2) is 14.4 Å². The third kappa shape index (κ3) is 3.26. The number of halogens is 1. The summed E-state index contributed by atoms with van der Waals surface area (Å²) in [5.74, 6) is 1.34. The first-order valence-electron chi connectivity index (χ1n) is 11.3. The molecule has 0 radical (unpaired) electrons. The molecule has 4 heterocycles. The number of anilines is 3. The van der Waals surface area contributed by atoms with Crippen LogP contribution in [0.25, 0.3) is 21.9 Å². The maximum Gasteiger partial charge on any atom is 0.326 e. The second-order valence-electron chi connectivity index (χ2n) is 9.37. The second kappa shape index (κ2) is 7.39. The quantitative estimate of drug-likeness (QED) is 0.410.